The van der Waals surface area contributed by atoms with E-state index in [1.807, 2.05) is 24.6 Å². The number of aryl methyl sites for hydroxylation is 1. The van der Waals surface area contributed by atoms with E-state index in [0.717, 1.165) is 16.8 Å². The van der Waals surface area contributed by atoms with Crippen LogP contribution in [0.3, 0.4) is 0 Å². The maximum absolute atomic E-state index is 12.5. The Morgan fingerprint density at radius 1 is 1.52 bits per heavy atom. The van der Waals surface area contributed by atoms with Gasteiger partial charge in [0, 0.05) is 43.5 Å². The molecule has 0 unspecified atom stereocenters. The summed E-state index contributed by atoms with van der Waals surface area (Å²) < 4.78 is 9.84. The fourth-order valence-corrected chi connectivity index (χ4v) is 2.90. The molecular formula is C16H17BrN4O2. The predicted octanol–water partition coefficient (Wildman–Crippen LogP) is 3.15. The third-order valence-corrected chi connectivity index (χ3v) is 4.27. The molecule has 1 amide bonds. The van der Waals surface area contributed by atoms with Crippen LogP contribution in [0.2, 0.25) is 0 Å². The third-order valence-electron chi connectivity index (χ3n) is 3.88. The predicted molar refractivity (Wildman–Crippen MR) is 91.2 cm³/mol. The summed E-state index contributed by atoms with van der Waals surface area (Å²) >= 11 is 3.31. The number of hydrogen-bond acceptors (Lipinski definition) is 3. The Balaban J connectivity index is 1.85. The average Bonchev–Trinajstić information content (AvgIpc) is 3.13. The lowest BCUT2D eigenvalue weighted by Gasteiger charge is -2.08. The maximum Gasteiger partial charge on any atom is 0.268 e. The van der Waals surface area contributed by atoms with Gasteiger partial charge < -0.3 is 14.3 Å². The molecule has 0 aliphatic heterocycles. The van der Waals surface area contributed by atoms with Crippen LogP contribution in [-0.2, 0) is 20.1 Å². The summed E-state index contributed by atoms with van der Waals surface area (Å²) in [6.45, 7) is 6.69. The molecule has 3 aromatic rings. The van der Waals surface area contributed by atoms with Gasteiger partial charge in [0.05, 0.1) is 11.7 Å². The lowest BCUT2D eigenvalue weighted by atomic mass is 10.2. The molecular weight excluding hydrogens is 360 g/mol. The van der Waals surface area contributed by atoms with Crippen LogP contribution < -0.4 is 5.32 Å². The van der Waals surface area contributed by atoms with Gasteiger partial charge in [0.25, 0.3) is 5.91 Å². The topological polar surface area (TPSA) is 65.0 Å². The molecule has 1 N–H and O–H groups in total. The van der Waals surface area contributed by atoms with Gasteiger partial charge in [-0.15, -0.1) is 6.58 Å². The van der Waals surface area contributed by atoms with Gasteiger partial charge in [0.1, 0.15) is 5.69 Å². The van der Waals surface area contributed by atoms with Crippen molar-refractivity contribution in [1.29, 1.82) is 0 Å². The fourth-order valence-electron chi connectivity index (χ4n) is 2.51. The zero-order valence-corrected chi connectivity index (χ0v) is 14.6. The summed E-state index contributed by atoms with van der Waals surface area (Å²) in [6, 6.07) is 3.59. The largest absolute Gasteiger partial charge is 0.448 e. The van der Waals surface area contributed by atoms with Crippen molar-refractivity contribution in [2.24, 2.45) is 7.05 Å². The second-order valence-electron chi connectivity index (χ2n) is 5.29. The van der Waals surface area contributed by atoms with Crippen molar-refractivity contribution in [1.82, 2.24) is 19.7 Å². The van der Waals surface area contributed by atoms with Crippen molar-refractivity contribution in [3.05, 3.63) is 52.6 Å². The number of hydrogen-bond donors (Lipinski definition) is 1. The lowest BCUT2D eigenvalue weighted by molar-refractivity contribution is 0.0942. The van der Waals surface area contributed by atoms with Crippen molar-refractivity contribution < 1.29 is 9.21 Å². The number of amides is 1. The molecule has 0 saturated carbocycles. The third kappa shape index (κ3) is 2.84. The molecule has 0 saturated heterocycles. The molecule has 23 heavy (non-hydrogen) atoms. The summed E-state index contributed by atoms with van der Waals surface area (Å²) in [4.78, 5) is 12.5. The molecule has 0 aliphatic rings. The number of nitrogens with one attached hydrogen (secondary N) is 1. The van der Waals surface area contributed by atoms with Crippen LogP contribution in [0.1, 0.15) is 21.7 Å². The molecule has 3 aromatic heterocycles. The number of carbonyl (C=O) groups is 1. The molecule has 0 aromatic carbocycles. The number of carbonyl (C=O) groups excluding carboxylic acids is 1. The molecule has 0 atom stereocenters. The van der Waals surface area contributed by atoms with Crippen LogP contribution in [0, 0.1) is 6.92 Å². The number of rotatable bonds is 5. The van der Waals surface area contributed by atoms with Gasteiger partial charge >= 0.3 is 0 Å². The van der Waals surface area contributed by atoms with Gasteiger partial charge in [-0.1, -0.05) is 6.08 Å². The molecule has 3 heterocycles. The van der Waals surface area contributed by atoms with E-state index in [-0.39, 0.29) is 5.91 Å². The van der Waals surface area contributed by atoms with Gasteiger partial charge in [0.15, 0.2) is 10.3 Å². The van der Waals surface area contributed by atoms with Gasteiger partial charge in [0.2, 0.25) is 0 Å². The molecule has 120 valence electrons. The summed E-state index contributed by atoms with van der Waals surface area (Å²) in [7, 11) is 1.88. The highest BCUT2D eigenvalue weighted by Crippen LogP contribution is 2.27. The fraction of sp³-hybridized carbons (Fsp3) is 0.250. The van der Waals surface area contributed by atoms with Gasteiger partial charge in [-0.3, -0.25) is 9.48 Å². The molecule has 0 aliphatic carbocycles. The standard InChI is InChI=1S/C16H17BrN4O2/c1-4-5-21-12-7-15(17)23-14(12)6-13(21)16(22)18-8-11-9-19-20(3)10(11)2/h4,6-7,9H,1,5,8H2,2-3H3,(H,18,22). The Morgan fingerprint density at radius 2 is 2.30 bits per heavy atom. The van der Waals surface area contributed by atoms with Crippen molar-refractivity contribution in [2.45, 2.75) is 20.0 Å². The number of halogens is 1. The van der Waals surface area contributed by atoms with Gasteiger partial charge in [-0.2, -0.15) is 5.10 Å². The highest BCUT2D eigenvalue weighted by atomic mass is 79.9. The van der Waals surface area contributed by atoms with Crippen molar-refractivity contribution in [3.8, 4) is 0 Å². The van der Waals surface area contributed by atoms with E-state index in [9.17, 15) is 4.79 Å². The van der Waals surface area contributed by atoms with Crippen molar-refractivity contribution in [3.63, 3.8) is 0 Å². The van der Waals surface area contributed by atoms with E-state index in [4.69, 9.17) is 4.42 Å². The van der Waals surface area contributed by atoms with Crippen LogP contribution in [0.25, 0.3) is 11.1 Å². The lowest BCUT2D eigenvalue weighted by Crippen LogP contribution is -2.25. The Bertz CT molecular complexity index is 888. The van der Waals surface area contributed by atoms with E-state index in [1.54, 1.807) is 23.0 Å². The summed E-state index contributed by atoms with van der Waals surface area (Å²) in [5.41, 5.74) is 4.10. The molecule has 0 fully saturated rings. The van der Waals surface area contributed by atoms with E-state index in [0.29, 0.717) is 29.0 Å². The first kappa shape index (κ1) is 15.6. The first-order valence-corrected chi connectivity index (χ1v) is 7.95. The summed E-state index contributed by atoms with van der Waals surface area (Å²) in [5, 5.41) is 7.11. The minimum absolute atomic E-state index is 0.155. The Kier molecular flexibility index (Phi) is 4.12. The molecule has 7 heteroatoms. The number of aromatic nitrogens is 3. The van der Waals surface area contributed by atoms with Crippen LogP contribution >= 0.6 is 15.9 Å². The highest BCUT2D eigenvalue weighted by molar-refractivity contribution is 9.10. The summed E-state index contributed by atoms with van der Waals surface area (Å²) in [6.07, 6.45) is 3.52. The van der Waals surface area contributed by atoms with E-state index in [2.05, 4.69) is 32.9 Å². The average molecular weight is 377 g/mol. The second kappa shape index (κ2) is 6.08. The molecule has 0 bridgehead atoms. The minimum atomic E-state index is -0.155. The van der Waals surface area contributed by atoms with E-state index < -0.39 is 0 Å². The first-order chi connectivity index (χ1) is 11.0. The van der Waals surface area contributed by atoms with Gasteiger partial charge in [-0.25, -0.2) is 0 Å². The molecule has 0 spiro atoms. The van der Waals surface area contributed by atoms with Crippen LogP contribution in [0.15, 0.2) is 40.1 Å². The minimum Gasteiger partial charge on any atom is -0.448 e. The van der Waals surface area contributed by atoms with Crippen molar-refractivity contribution in [2.75, 3.05) is 0 Å². The molecule has 0 radical (unpaired) electrons. The monoisotopic (exact) mass is 376 g/mol. The number of allylic oxidation sites excluding steroid dienone is 1. The van der Waals surface area contributed by atoms with Crippen LogP contribution in [0.5, 0.6) is 0 Å². The zero-order chi connectivity index (χ0) is 16.6. The first-order valence-electron chi connectivity index (χ1n) is 7.16. The summed E-state index contributed by atoms with van der Waals surface area (Å²) in [5.74, 6) is -0.155. The number of nitrogens with zero attached hydrogens (tertiary/aromatic N) is 3. The highest BCUT2D eigenvalue weighted by Gasteiger charge is 2.18. The van der Waals surface area contributed by atoms with Crippen molar-refractivity contribution >= 4 is 32.9 Å². The SMILES string of the molecule is C=CCn1c(C(=O)NCc2cnn(C)c2C)cc2oc(Br)cc21. The van der Waals surface area contributed by atoms with E-state index in [1.165, 1.54) is 0 Å². The van der Waals surface area contributed by atoms with Crippen LogP contribution in [0.4, 0.5) is 0 Å². The number of fused-ring (bicyclic) bond motifs is 1. The smallest absolute Gasteiger partial charge is 0.268 e. The Hall–Kier alpha value is -2.28. The normalized spacial score (nSPS) is 11.1. The quantitative estimate of drug-likeness (QED) is 0.695. The van der Waals surface area contributed by atoms with Gasteiger partial charge in [-0.05, 0) is 22.9 Å². The molecule has 3 rings (SSSR count). The zero-order valence-electron chi connectivity index (χ0n) is 13.0. The Morgan fingerprint density at radius 3 is 2.96 bits per heavy atom. The van der Waals surface area contributed by atoms with Crippen LogP contribution in [-0.4, -0.2) is 20.3 Å². The molecule has 6 nitrogen and oxygen atoms in total. The maximum atomic E-state index is 12.5. The Labute approximate surface area is 141 Å². The second-order valence-corrected chi connectivity index (χ2v) is 6.07. The van der Waals surface area contributed by atoms with E-state index >= 15 is 0 Å². The number of furan rings is 1.